The highest BCUT2D eigenvalue weighted by atomic mass is 32.2. The Bertz CT molecular complexity index is 845. The maximum Gasteiger partial charge on any atom is 0.240 e. The van der Waals surface area contributed by atoms with Crippen molar-refractivity contribution in [1.29, 1.82) is 0 Å². The smallest absolute Gasteiger partial charge is 0.240 e. The lowest BCUT2D eigenvalue weighted by Gasteiger charge is -2.22. The molecule has 1 aromatic heterocycles. The largest absolute Gasteiger partial charge is 0.309 e. The molecule has 128 valence electrons. The van der Waals surface area contributed by atoms with Crippen LogP contribution < -0.4 is 9.62 Å². The molecule has 1 N–H and O–H groups in total. The molecule has 0 fully saturated rings. The molecule has 2 heterocycles. The van der Waals surface area contributed by atoms with Gasteiger partial charge in [0.1, 0.15) is 0 Å². The summed E-state index contributed by atoms with van der Waals surface area (Å²) in [6.45, 7) is 4.10. The van der Waals surface area contributed by atoms with E-state index in [-0.39, 0.29) is 23.4 Å². The van der Waals surface area contributed by atoms with Gasteiger partial charge in [-0.1, -0.05) is 13.0 Å². The number of fused-ring (bicyclic) bond motifs is 1. The second-order valence-electron chi connectivity index (χ2n) is 5.86. The second-order valence-corrected chi connectivity index (χ2v) is 8.66. The van der Waals surface area contributed by atoms with Crippen molar-refractivity contribution in [3.8, 4) is 0 Å². The zero-order chi connectivity index (χ0) is 17.3. The zero-order valence-corrected chi connectivity index (χ0v) is 15.3. The molecule has 0 saturated carbocycles. The number of anilines is 1. The van der Waals surface area contributed by atoms with Crippen LogP contribution in [0.25, 0.3) is 0 Å². The number of carbonyl (C=O) groups excluding carboxylic acids is 1. The molecule has 7 heteroatoms. The van der Waals surface area contributed by atoms with E-state index in [1.807, 2.05) is 31.4 Å². The topological polar surface area (TPSA) is 66.5 Å². The van der Waals surface area contributed by atoms with Crippen LogP contribution in [0.15, 0.2) is 40.6 Å². The van der Waals surface area contributed by atoms with E-state index in [0.717, 1.165) is 16.1 Å². The number of sulfonamides is 1. The van der Waals surface area contributed by atoms with Crippen molar-refractivity contribution in [3.63, 3.8) is 0 Å². The van der Waals surface area contributed by atoms with Crippen molar-refractivity contribution in [2.75, 3.05) is 4.90 Å². The quantitative estimate of drug-likeness (QED) is 0.887. The van der Waals surface area contributed by atoms with Gasteiger partial charge in [-0.05, 0) is 48.6 Å². The Balaban J connectivity index is 1.84. The highest BCUT2D eigenvalue weighted by molar-refractivity contribution is 7.89. The van der Waals surface area contributed by atoms with Crippen molar-refractivity contribution >= 4 is 33.0 Å². The number of rotatable bonds is 5. The van der Waals surface area contributed by atoms with Crippen LogP contribution in [0.4, 0.5) is 5.69 Å². The molecule has 1 atom stereocenters. The van der Waals surface area contributed by atoms with Crippen LogP contribution >= 0.6 is 11.3 Å². The van der Waals surface area contributed by atoms with E-state index in [4.69, 9.17) is 0 Å². The predicted octanol–water partition coefficient (Wildman–Crippen LogP) is 2.91. The maximum absolute atomic E-state index is 12.5. The van der Waals surface area contributed by atoms with Crippen LogP contribution in [-0.2, 0) is 27.8 Å². The minimum atomic E-state index is -3.57. The van der Waals surface area contributed by atoms with Gasteiger partial charge in [0.15, 0.2) is 0 Å². The summed E-state index contributed by atoms with van der Waals surface area (Å²) in [7, 11) is -3.57. The molecular formula is C17H20N2O3S2. The van der Waals surface area contributed by atoms with Crippen LogP contribution in [0.5, 0.6) is 0 Å². The Morgan fingerprint density at radius 2 is 2.17 bits per heavy atom. The number of amides is 1. The Hall–Kier alpha value is -1.70. The predicted molar refractivity (Wildman–Crippen MR) is 95.7 cm³/mol. The van der Waals surface area contributed by atoms with Crippen LogP contribution in [0.2, 0.25) is 0 Å². The number of nitrogens with one attached hydrogen (secondary N) is 1. The fourth-order valence-electron chi connectivity index (χ4n) is 2.99. The normalized spacial score (nSPS) is 17.1. The fraction of sp³-hybridized carbons (Fsp3) is 0.353. The summed E-state index contributed by atoms with van der Waals surface area (Å²) in [6.07, 6.45) is 1.11. The van der Waals surface area contributed by atoms with Crippen LogP contribution in [-0.4, -0.2) is 20.4 Å². The molecule has 2 aromatic rings. The molecule has 0 aliphatic carbocycles. The summed E-state index contributed by atoms with van der Waals surface area (Å²) in [5, 5.41) is 1.92. The first-order chi connectivity index (χ1) is 11.4. The molecule has 5 nitrogen and oxygen atoms in total. The molecule has 0 radical (unpaired) electrons. The number of nitrogens with zero attached hydrogens (tertiary/aromatic N) is 1. The lowest BCUT2D eigenvalue weighted by molar-refractivity contribution is -0.118. The molecule has 1 unspecified atom stereocenters. The van der Waals surface area contributed by atoms with E-state index < -0.39 is 10.0 Å². The fourth-order valence-corrected chi connectivity index (χ4v) is 4.78. The van der Waals surface area contributed by atoms with Crippen molar-refractivity contribution in [3.05, 3.63) is 46.2 Å². The zero-order valence-electron chi connectivity index (χ0n) is 13.7. The first-order valence-corrected chi connectivity index (χ1v) is 10.3. The van der Waals surface area contributed by atoms with Gasteiger partial charge in [0.2, 0.25) is 15.9 Å². The van der Waals surface area contributed by atoms with Crippen molar-refractivity contribution < 1.29 is 13.2 Å². The first-order valence-electron chi connectivity index (χ1n) is 7.89. The minimum Gasteiger partial charge on any atom is -0.309 e. The Morgan fingerprint density at radius 3 is 2.83 bits per heavy atom. The third-order valence-electron chi connectivity index (χ3n) is 4.16. The molecule has 0 spiro atoms. The summed E-state index contributed by atoms with van der Waals surface area (Å²) in [4.78, 5) is 15.1. The Labute approximate surface area is 146 Å². The molecule has 3 rings (SSSR count). The van der Waals surface area contributed by atoms with E-state index in [2.05, 4.69) is 4.72 Å². The molecule has 1 aromatic carbocycles. The summed E-state index contributed by atoms with van der Waals surface area (Å²) >= 11 is 1.51. The van der Waals surface area contributed by atoms with Crippen LogP contribution in [0, 0.1) is 0 Å². The van der Waals surface area contributed by atoms with Crippen LogP contribution in [0.1, 0.15) is 30.7 Å². The number of hydrogen-bond donors (Lipinski definition) is 1. The summed E-state index contributed by atoms with van der Waals surface area (Å²) in [5.74, 6) is 0.0627. The van der Waals surface area contributed by atoms with Gasteiger partial charge in [-0.2, -0.15) is 0 Å². The Kier molecular flexibility index (Phi) is 4.76. The van der Waals surface area contributed by atoms with E-state index in [0.29, 0.717) is 12.8 Å². The average molecular weight is 364 g/mol. The van der Waals surface area contributed by atoms with Crippen molar-refractivity contribution in [1.82, 2.24) is 4.72 Å². The van der Waals surface area contributed by atoms with Gasteiger partial charge in [-0.3, -0.25) is 4.79 Å². The highest BCUT2D eigenvalue weighted by Gasteiger charge is 2.31. The molecule has 0 bridgehead atoms. The van der Waals surface area contributed by atoms with Gasteiger partial charge in [0.25, 0.3) is 0 Å². The minimum absolute atomic E-state index is 0.0597. The lowest BCUT2D eigenvalue weighted by Crippen LogP contribution is -2.35. The van der Waals surface area contributed by atoms with Crippen molar-refractivity contribution in [2.24, 2.45) is 0 Å². The molecule has 1 amide bonds. The molecule has 24 heavy (non-hydrogen) atoms. The first kappa shape index (κ1) is 17.1. The van der Waals surface area contributed by atoms with Gasteiger partial charge in [-0.25, -0.2) is 13.1 Å². The number of carbonyl (C=O) groups is 1. The SMILES string of the molecule is CCC(=O)N1c2ccc(S(=O)(=O)NCc3cccs3)cc2CC1C. The summed E-state index contributed by atoms with van der Waals surface area (Å²) < 4.78 is 27.6. The monoisotopic (exact) mass is 364 g/mol. The number of benzene rings is 1. The van der Waals surface area contributed by atoms with Gasteiger partial charge < -0.3 is 4.90 Å². The van der Waals surface area contributed by atoms with Gasteiger partial charge in [-0.15, -0.1) is 11.3 Å². The standard InChI is InChI=1S/C17H20N2O3S2/c1-3-17(20)19-12(2)9-13-10-15(6-7-16(13)19)24(21,22)18-11-14-5-4-8-23-14/h4-8,10,12,18H,3,9,11H2,1-2H3. The number of thiophene rings is 1. The molecule has 0 saturated heterocycles. The van der Waals surface area contributed by atoms with E-state index >= 15 is 0 Å². The summed E-state index contributed by atoms with van der Waals surface area (Å²) in [6, 6.07) is 8.85. The maximum atomic E-state index is 12.5. The molecular weight excluding hydrogens is 344 g/mol. The summed E-state index contributed by atoms with van der Waals surface area (Å²) in [5.41, 5.74) is 1.73. The van der Waals surface area contributed by atoms with E-state index in [1.54, 1.807) is 23.1 Å². The molecule has 1 aliphatic rings. The van der Waals surface area contributed by atoms with Gasteiger partial charge >= 0.3 is 0 Å². The van der Waals surface area contributed by atoms with Crippen molar-refractivity contribution in [2.45, 2.75) is 44.2 Å². The van der Waals surface area contributed by atoms with E-state index in [1.165, 1.54) is 11.3 Å². The number of hydrogen-bond acceptors (Lipinski definition) is 4. The third-order valence-corrected chi connectivity index (χ3v) is 6.44. The van der Waals surface area contributed by atoms with Gasteiger partial charge in [0.05, 0.1) is 4.90 Å². The average Bonchev–Trinajstić information content (AvgIpc) is 3.18. The molecule has 1 aliphatic heterocycles. The third kappa shape index (κ3) is 3.24. The second kappa shape index (κ2) is 6.66. The Morgan fingerprint density at radius 1 is 1.38 bits per heavy atom. The highest BCUT2D eigenvalue weighted by Crippen LogP contribution is 2.34. The van der Waals surface area contributed by atoms with Gasteiger partial charge in [0, 0.05) is 29.6 Å². The lowest BCUT2D eigenvalue weighted by atomic mass is 10.1. The van der Waals surface area contributed by atoms with E-state index in [9.17, 15) is 13.2 Å². The van der Waals surface area contributed by atoms with Crippen LogP contribution in [0.3, 0.4) is 0 Å².